The molecule has 160 valence electrons. The highest BCUT2D eigenvalue weighted by Gasteiger charge is 2.24. The van der Waals surface area contributed by atoms with Crippen LogP contribution in [0, 0.1) is 10.1 Å². The molecule has 0 saturated carbocycles. The molecule has 0 radical (unpaired) electrons. The van der Waals surface area contributed by atoms with Gasteiger partial charge in [0.2, 0.25) is 0 Å². The lowest BCUT2D eigenvalue weighted by Gasteiger charge is -2.27. The summed E-state index contributed by atoms with van der Waals surface area (Å²) in [7, 11) is 2.79. The quantitative estimate of drug-likeness (QED) is 0.521. The van der Waals surface area contributed by atoms with Crippen molar-refractivity contribution in [1.82, 2.24) is 10.2 Å². The van der Waals surface area contributed by atoms with Crippen LogP contribution in [0.4, 0.5) is 5.69 Å². The molecule has 3 rings (SSSR count). The molecule has 2 aromatic carbocycles. The van der Waals surface area contributed by atoms with Crippen molar-refractivity contribution in [2.45, 2.75) is 13.1 Å². The molecule has 1 saturated heterocycles. The van der Waals surface area contributed by atoms with Gasteiger partial charge in [-0.05, 0) is 11.1 Å². The van der Waals surface area contributed by atoms with Gasteiger partial charge >= 0.3 is 0 Å². The van der Waals surface area contributed by atoms with E-state index in [-0.39, 0.29) is 29.3 Å². The highest BCUT2D eigenvalue weighted by atomic mass is 16.6. The number of nitro benzene ring substituents is 1. The minimum absolute atomic E-state index is 0.0803. The molecule has 1 heterocycles. The summed E-state index contributed by atoms with van der Waals surface area (Å²) in [5.74, 6) is -0.110. The Hall–Kier alpha value is -3.17. The first-order valence-electron chi connectivity index (χ1n) is 9.59. The highest BCUT2D eigenvalue weighted by molar-refractivity contribution is 5.99. The van der Waals surface area contributed by atoms with Gasteiger partial charge in [-0.15, -0.1) is 0 Å². The Morgan fingerprint density at radius 2 is 1.77 bits per heavy atom. The Balaban J connectivity index is 1.77. The zero-order valence-corrected chi connectivity index (χ0v) is 17.1. The van der Waals surface area contributed by atoms with Crippen LogP contribution in [-0.2, 0) is 17.8 Å². The van der Waals surface area contributed by atoms with Crippen molar-refractivity contribution in [2.75, 3.05) is 40.5 Å². The summed E-state index contributed by atoms with van der Waals surface area (Å²) < 4.78 is 15.7. The number of nitrogens with one attached hydrogen (secondary N) is 1. The van der Waals surface area contributed by atoms with E-state index in [1.807, 2.05) is 24.3 Å². The predicted molar refractivity (Wildman–Crippen MR) is 110 cm³/mol. The SMILES string of the molecule is COc1cc(C(=O)NCc2ccccc2CN2CCOCC2)c([N+](=O)[O-])cc1OC. The van der Waals surface area contributed by atoms with Crippen LogP contribution in [0.5, 0.6) is 11.5 Å². The largest absolute Gasteiger partial charge is 0.493 e. The molecule has 0 atom stereocenters. The molecule has 2 aromatic rings. The predicted octanol–water partition coefficient (Wildman–Crippen LogP) is 2.37. The lowest BCUT2D eigenvalue weighted by atomic mass is 10.1. The lowest BCUT2D eigenvalue weighted by molar-refractivity contribution is -0.385. The van der Waals surface area contributed by atoms with Crippen molar-refractivity contribution in [3.8, 4) is 11.5 Å². The van der Waals surface area contributed by atoms with Gasteiger partial charge in [0.15, 0.2) is 11.5 Å². The second-order valence-electron chi connectivity index (χ2n) is 6.82. The van der Waals surface area contributed by atoms with Gasteiger partial charge in [-0.25, -0.2) is 0 Å². The van der Waals surface area contributed by atoms with Crippen LogP contribution in [-0.4, -0.2) is 56.3 Å². The summed E-state index contributed by atoms with van der Waals surface area (Å²) >= 11 is 0. The van der Waals surface area contributed by atoms with Crippen molar-refractivity contribution in [2.24, 2.45) is 0 Å². The lowest BCUT2D eigenvalue weighted by Crippen LogP contribution is -2.36. The number of carbonyl (C=O) groups excluding carboxylic acids is 1. The zero-order valence-electron chi connectivity index (χ0n) is 17.1. The Morgan fingerprint density at radius 1 is 1.13 bits per heavy atom. The van der Waals surface area contributed by atoms with Crippen molar-refractivity contribution < 1.29 is 23.9 Å². The fraction of sp³-hybridized carbons (Fsp3) is 0.381. The van der Waals surface area contributed by atoms with Crippen LogP contribution >= 0.6 is 0 Å². The van der Waals surface area contributed by atoms with Crippen LogP contribution in [0.15, 0.2) is 36.4 Å². The molecule has 1 amide bonds. The first kappa shape index (κ1) is 21.5. The molecule has 1 aliphatic heterocycles. The number of methoxy groups -OCH3 is 2. The van der Waals surface area contributed by atoms with E-state index in [1.165, 1.54) is 26.4 Å². The molecule has 1 N–H and O–H groups in total. The number of hydrogen-bond donors (Lipinski definition) is 1. The van der Waals surface area contributed by atoms with Crippen LogP contribution in [0.3, 0.4) is 0 Å². The topological polar surface area (TPSA) is 103 Å². The van der Waals surface area contributed by atoms with Crippen LogP contribution < -0.4 is 14.8 Å². The molecule has 0 unspecified atom stereocenters. The molecule has 9 nitrogen and oxygen atoms in total. The molecular formula is C21H25N3O6. The van der Waals surface area contributed by atoms with Gasteiger partial charge in [0.1, 0.15) is 5.56 Å². The van der Waals surface area contributed by atoms with E-state index in [0.717, 1.165) is 30.8 Å². The number of hydrogen-bond acceptors (Lipinski definition) is 7. The van der Waals surface area contributed by atoms with Gasteiger partial charge in [-0.3, -0.25) is 19.8 Å². The van der Waals surface area contributed by atoms with Crippen LogP contribution in [0.2, 0.25) is 0 Å². The number of amides is 1. The minimum Gasteiger partial charge on any atom is -0.493 e. The van der Waals surface area contributed by atoms with Crippen LogP contribution in [0.25, 0.3) is 0 Å². The number of morpholine rings is 1. The Bertz CT molecular complexity index is 912. The van der Waals surface area contributed by atoms with Crippen molar-refractivity contribution >= 4 is 11.6 Å². The van der Waals surface area contributed by atoms with E-state index in [0.29, 0.717) is 13.2 Å². The molecule has 0 spiro atoms. The Morgan fingerprint density at radius 3 is 2.40 bits per heavy atom. The highest BCUT2D eigenvalue weighted by Crippen LogP contribution is 2.34. The molecule has 0 aliphatic carbocycles. The molecule has 0 bridgehead atoms. The third-order valence-corrected chi connectivity index (χ3v) is 5.00. The maximum absolute atomic E-state index is 12.8. The normalized spacial score (nSPS) is 14.2. The van der Waals surface area contributed by atoms with Crippen molar-refractivity contribution in [3.63, 3.8) is 0 Å². The zero-order chi connectivity index (χ0) is 21.5. The van der Waals surface area contributed by atoms with Crippen LogP contribution in [0.1, 0.15) is 21.5 Å². The molecular weight excluding hydrogens is 390 g/mol. The van der Waals surface area contributed by atoms with Gasteiger partial charge in [-0.1, -0.05) is 24.3 Å². The summed E-state index contributed by atoms with van der Waals surface area (Å²) in [6.07, 6.45) is 0. The monoisotopic (exact) mass is 415 g/mol. The number of benzene rings is 2. The van der Waals surface area contributed by atoms with Gasteiger partial charge in [0.05, 0.1) is 38.4 Å². The summed E-state index contributed by atoms with van der Waals surface area (Å²) in [5.41, 5.74) is 1.64. The van der Waals surface area contributed by atoms with Crippen molar-refractivity contribution in [1.29, 1.82) is 0 Å². The standard InChI is InChI=1S/C21H25N3O6/c1-28-19-11-17(18(24(26)27)12-20(19)29-2)21(25)22-13-15-5-3-4-6-16(15)14-23-7-9-30-10-8-23/h3-6,11-12H,7-10,13-14H2,1-2H3,(H,22,25). The maximum Gasteiger partial charge on any atom is 0.286 e. The van der Waals surface area contributed by atoms with Gasteiger partial charge in [0.25, 0.3) is 11.6 Å². The summed E-state index contributed by atoms with van der Waals surface area (Å²) in [6.45, 7) is 4.15. The third-order valence-electron chi connectivity index (χ3n) is 5.00. The summed E-state index contributed by atoms with van der Waals surface area (Å²) in [4.78, 5) is 25.9. The Kier molecular flexibility index (Phi) is 7.21. The van der Waals surface area contributed by atoms with E-state index in [1.54, 1.807) is 0 Å². The molecule has 1 fully saturated rings. The van der Waals surface area contributed by atoms with E-state index in [4.69, 9.17) is 14.2 Å². The fourth-order valence-corrected chi connectivity index (χ4v) is 3.36. The van der Waals surface area contributed by atoms with E-state index in [2.05, 4.69) is 10.2 Å². The second-order valence-corrected chi connectivity index (χ2v) is 6.82. The summed E-state index contributed by atoms with van der Waals surface area (Å²) in [6, 6.07) is 10.4. The van der Waals surface area contributed by atoms with E-state index < -0.39 is 10.8 Å². The smallest absolute Gasteiger partial charge is 0.286 e. The first-order chi connectivity index (χ1) is 14.5. The number of nitro groups is 1. The average molecular weight is 415 g/mol. The minimum atomic E-state index is -0.608. The number of ether oxygens (including phenoxy) is 3. The Labute approximate surface area is 174 Å². The van der Waals surface area contributed by atoms with Gasteiger partial charge in [0, 0.05) is 32.2 Å². The molecule has 30 heavy (non-hydrogen) atoms. The van der Waals surface area contributed by atoms with Gasteiger partial charge < -0.3 is 19.5 Å². The van der Waals surface area contributed by atoms with Crippen molar-refractivity contribution in [3.05, 3.63) is 63.2 Å². The average Bonchev–Trinajstić information content (AvgIpc) is 2.77. The fourth-order valence-electron chi connectivity index (χ4n) is 3.36. The maximum atomic E-state index is 12.8. The number of carbonyl (C=O) groups is 1. The molecule has 9 heteroatoms. The van der Waals surface area contributed by atoms with Gasteiger partial charge in [-0.2, -0.15) is 0 Å². The molecule has 1 aliphatic rings. The number of nitrogens with zero attached hydrogens (tertiary/aromatic N) is 2. The summed E-state index contributed by atoms with van der Waals surface area (Å²) in [5, 5.41) is 14.3. The molecule has 0 aromatic heterocycles. The first-order valence-corrected chi connectivity index (χ1v) is 9.59. The second kappa shape index (κ2) is 10.0. The number of rotatable bonds is 8. The third kappa shape index (κ3) is 5.05. The van der Waals surface area contributed by atoms with E-state index >= 15 is 0 Å². The van der Waals surface area contributed by atoms with E-state index in [9.17, 15) is 14.9 Å².